The lowest BCUT2D eigenvalue weighted by molar-refractivity contribution is 0.474. The molecule has 0 amide bonds. The molecule has 5 nitrogen and oxygen atoms in total. The molecule has 136 valence electrons. The van der Waals surface area contributed by atoms with Gasteiger partial charge in [-0.15, -0.1) is 22.7 Å². The molecule has 3 rings (SSSR count). The van der Waals surface area contributed by atoms with Crippen LogP contribution in [0.25, 0.3) is 0 Å². The first-order valence-corrected chi connectivity index (χ1v) is 10.8. The van der Waals surface area contributed by atoms with Crippen molar-refractivity contribution >= 4 is 28.6 Å². The second-order valence-electron chi connectivity index (χ2n) is 6.30. The lowest BCUT2D eigenvalue weighted by atomic mass is 10.0. The van der Waals surface area contributed by atoms with E-state index in [9.17, 15) is 0 Å². The number of hydrogen-bond acceptors (Lipinski definition) is 5. The van der Waals surface area contributed by atoms with Gasteiger partial charge in [0.1, 0.15) is 5.01 Å². The molecule has 7 heteroatoms. The van der Waals surface area contributed by atoms with E-state index in [1.54, 1.807) is 11.3 Å². The van der Waals surface area contributed by atoms with Gasteiger partial charge in [0.05, 0.1) is 29.5 Å². The summed E-state index contributed by atoms with van der Waals surface area (Å²) >= 11 is 3.59. The molecule has 2 aromatic rings. The molecule has 0 atom stereocenters. The molecule has 2 aromatic heterocycles. The fourth-order valence-electron chi connectivity index (χ4n) is 2.96. The van der Waals surface area contributed by atoms with Crippen molar-refractivity contribution < 1.29 is 0 Å². The normalized spacial score (nSPS) is 14.4. The molecule has 0 aliphatic heterocycles. The minimum Gasteiger partial charge on any atom is -0.357 e. The fraction of sp³-hybridized carbons (Fsp3) is 0.611. The SMILES string of the molecule is CCNC(=NCc1csc(CC)n1)N(C)Cc1nc2c(s1)CCCC2. The van der Waals surface area contributed by atoms with Gasteiger partial charge in [-0.25, -0.2) is 15.0 Å². The molecule has 0 saturated carbocycles. The van der Waals surface area contributed by atoms with Crippen LogP contribution < -0.4 is 5.32 Å². The summed E-state index contributed by atoms with van der Waals surface area (Å²) in [7, 11) is 2.08. The van der Waals surface area contributed by atoms with Gasteiger partial charge >= 0.3 is 0 Å². The van der Waals surface area contributed by atoms with Crippen LogP contribution in [-0.2, 0) is 32.4 Å². The lowest BCUT2D eigenvalue weighted by Gasteiger charge is -2.20. The summed E-state index contributed by atoms with van der Waals surface area (Å²) in [5.41, 5.74) is 2.38. The van der Waals surface area contributed by atoms with Crippen LogP contribution in [0.15, 0.2) is 10.4 Å². The largest absolute Gasteiger partial charge is 0.357 e. The maximum atomic E-state index is 4.85. The third-order valence-electron chi connectivity index (χ3n) is 4.25. The number of fused-ring (bicyclic) bond motifs is 1. The monoisotopic (exact) mass is 377 g/mol. The van der Waals surface area contributed by atoms with Crippen molar-refractivity contribution in [2.75, 3.05) is 13.6 Å². The highest BCUT2D eigenvalue weighted by Crippen LogP contribution is 2.27. The first kappa shape index (κ1) is 18.3. The summed E-state index contributed by atoms with van der Waals surface area (Å²) < 4.78 is 0. The van der Waals surface area contributed by atoms with Crippen LogP contribution in [0, 0.1) is 0 Å². The zero-order valence-electron chi connectivity index (χ0n) is 15.3. The van der Waals surface area contributed by atoms with E-state index in [0.29, 0.717) is 6.54 Å². The van der Waals surface area contributed by atoms with Crippen molar-refractivity contribution in [3.8, 4) is 0 Å². The lowest BCUT2D eigenvalue weighted by Crippen LogP contribution is -2.38. The van der Waals surface area contributed by atoms with Crippen molar-refractivity contribution in [2.45, 2.75) is 59.0 Å². The molecule has 1 aliphatic rings. The van der Waals surface area contributed by atoms with E-state index in [2.05, 4.69) is 41.5 Å². The number of rotatable bonds is 6. The molecule has 0 fully saturated rings. The zero-order valence-corrected chi connectivity index (χ0v) is 17.0. The average molecular weight is 378 g/mol. The quantitative estimate of drug-likeness (QED) is 0.617. The molecule has 2 heterocycles. The Kier molecular flexibility index (Phi) is 6.42. The maximum Gasteiger partial charge on any atom is 0.194 e. The van der Waals surface area contributed by atoms with Gasteiger partial charge < -0.3 is 10.2 Å². The molecule has 0 aromatic carbocycles. The van der Waals surface area contributed by atoms with E-state index in [0.717, 1.165) is 37.6 Å². The number of thiazole rings is 2. The van der Waals surface area contributed by atoms with Gasteiger partial charge in [0.15, 0.2) is 5.96 Å². The van der Waals surface area contributed by atoms with E-state index in [-0.39, 0.29) is 0 Å². The highest BCUT2D eigenvalue weighted by Gasteiger charge is 2.17. The second-order valence-corrected chi connectivity index (χ2v) is 8.41. The standard InChI is InChI=1S/C18H27N5S2/c1-4-16-21-13(12-24-16)10-20-18(19-5-2)23(3)11-17-22-14-8-6-7-9-15(14)25-17/h12H,4-11H2,1-3H3,(H,19,20). The maximum absolute atomic E-state index is 4.85. The molecule has 0 saturated heterocycles. The molecule has 0 bridgehead atoms. The summed E-state index contributed by atoms with van der Waals surface area (Å²) in [4.78, 5) is 17.9. The van der Waals surface area contributed by atoms with E-state index in [1.165, 1.54) is 39.8 Å². The van der Waals surface area contributed by atoms with Crippen LogP contribution in [0.4, 0.5) is 0 Å². The Hall–Kier alpha value is -1.47. The van der Waals surface area contributed by atoms with Gasteiger partial charge in [0, 0.05) is 23.8 Å². The number of aliphatic imine (C=N–C) groups is 1. The first-order valence-electron chi connectivity index (χ1n) is 9.09. The average Bonchev–Trinajstić information content (AvgIpc) is 3.24. The van der Waals surface area contributed by atoms with Crippen molar-refractivity contribution in [3.63, 3.8) is 0 Å². The van der Waals surface area contributed by atoms with E-state index >= 15 is 0 Å². The predicted molar refractivity (Wildman–Crippen MR) is 107 cm³/mol. The number of guanidine groups is 1. The fourth-order valence-corrected chi connectivity index (χ4v) is 4.91. The van der Waals surface area contributed by atoms with Crippen LogP contribution in [0.5, 0.6) is 0 Å². The van der Waals surface area contributed by atoms with Crippen molar-refractivity contribution in [1.82, 2.24) is 20.2 Å². The molecule has 0 spiro atoms. The van der Waals surface area contributed by atoms with Crippen LogP contribution >= 0.6 is 22.7 Å². The van der Waals surface area contributed by atoms with Gasteiger partial charge in [-0.1, -0.05) is 6.92 Å². The summed E-state index contributed by atoms with van der Waals surface area (Å²) in [5, 5.41) is 7.87. The van der Waals surface area contributed by atoms with E-state index < -0.39 is 0 Å². The van der Waals surface area contributed by atoms with Crippen LogP contribution in [0.2, 0.25) is 0 Å². The molecule has 1 aliphatic carbocycles. The summed E-state index contributed by atoms with van der Waals surface area (Å²) in [5.74, 6) is 0.918. The number of aryl methyl sites for hydroxylation is 3. The number of nitrogens with one attached hydrogen (secondary N) is 1. The topological polar surface area (TPSA) is 53.4 Å². The van der Waals surface area contributed by atoms with Crippen molar-refractivity contribution in [1.29, 1.82) is 0 Å². The van der Waals surface area contributed by atoms with E-state index in [4.69, 9.17) is 9.98 Å². The number of hydrogen-bond donors (Lipinski definition) is 1. The summed E-state index contributed by atoms with van der Waals surface area (Å²) in [6.45, 7) is 6.52. The van der Waals surface area contributed by atoms with Gasteiger partial charge in [-0.05, 0) is 39.0 Å². The number of aromatic nitrogens is 2. The van der Waals surface area contributed by atoms with Gasteiger partial charge in [0.25, 0.3) is 0 Å². The highest BCUT2D eigenvalue weighted by atomic mass is 32.1. The predicted octanol–water partition coefficient (Wildman–Crippen LogP) is 3.64. The second kappa shape index (κ2) is 8.76. The Labute approximate surface area is 158 Å². The minimum absolute atomic E-state index is 0.623. The minimum atomic E-state index is 0.623. The Morgan fingerprint density at radius 2 is 2.08 bits per heavy atom. The molecule has 25 heavy (non-hydrogen) atoms. The third-order valence-corrected chi connectivity index (χ3v) is 6.44. The highest BCUT2D eigenvalue weighted by molar-refractivity contribution is 7.11. The Morgan fingerprint density at radius 3 is 2.80 bits per heavy atom. The Balaban J connectivity index is 1.66. The third kappa shape index (κ3) is 4.79. The molecular formula is C18H27N5S2. The summed E-state index contributed by atoms with van der Waals surface area (Å²) in [6.07, 6.45) is 5.93. The van der Waals surface area contributed by atoms with Gasteiger partial charge in [-0.2, -0.15) is 0 Å². The molecule has 1 N–H and O–H groups in total. The Bertz CT molecular complexity index is 695. The van der Waals surface area contributed by atoms with Gasteiger partial charge in [0.2, 0.25) is 0 Å². The first-order chi connectivity index (χ1) is 12.2. The van der Waals surface area contributed by atoms with Gasteiger partial charge in [-0.3, -0.25) is 0 Å². The molecule has 0 unspecified atom stereocenters. The van der Waals surface area contributed by atoms with Crippen molar-refractivity contribution in [2.24, 2.45) is 4.99 Å². The number of nitrogens with zero attached hydrogens (tertiary/aromatic N) is 4. The Morgan fingerprint density at radius 1 is 1.24 bits per heavy atom. The van der Waals surface area contributed by atoms with Crippen LogP contribution in [-0.4, -0.2) is 34.4 Å². The summed E-state index contributed by atoms with van der Waals surface area (Å²) in [6, 6.07) is 0. The zero-order chi connectivity index (χ0) is 17.6. The van der Waals surface area contributed by atoms with Crippen LogP contribution in [0.1, 0.15) is 53.0 Å². The van der Waals surface area contributed by atoms with E-state index in [1.807, 2.05) is 11.3 Å². The smallest absolute Gasteiger partial charge is 0.194 e. The molecule has 0 radical (unpaired) electrons. The van der Waals surface area contributed by atoms with Crippen molar-refractivity contribution in [3.05, 3.63) is 31.7 Å². The van der Waals surface area contributed by atoms with Crippen LogP contribution in [0.3, 0.4) is 0 Å². The molecular weight excluding hydrogens is 350 g/mol.